The third-order valence-corrected chi connectivity index (χ3v) is 8.19. The summed E-state index contributed by atoms with van der Waals surface area (Å²) < 4.78 is 41.7. The summed E-state index contributed by atoms with van der Waals surface area (Å²) in [5, 5.41) is 26.5. The van der Waals surface area contributed by atoms with Crippen molar-refractivity contribution in [2.24, 2.45) is 0 Å². The molecule has 2 N–H and O–H groups in total. The van der Waals surface area contributed by atoms with Crippen molar-refractivity contribution in [3.05, 3.63) is 76.5 Å². The van der Waals surface area contributed by atoms with Gasteiger partial charge in [0.2, 0.25) is 5.82 Å². The molecule has 0 radical (unpaired) electrons. The zero-order chi connectivity index (χ0) is 32.7. The number of aromatic nitrogens is 5. The lowest BCUT2D eigenvalue weighted by Gasteiger charge is -2.29. The van der Waals surface area contributed by atoms with Crippen molar-refractivity contribution in [3.63, 3.8) is 0 Å². The van der Waals surface area contributed by atoms with Crippen molar-refractivity contribution in [2.75, 3.05) is 11.4 Å². The number of fused-ring (bicyclic) bond motifs is 2. The van der Waals surface area contributed by atoms with Crippen LogP contribution in [0.3, 0.4) is 0 Å². The number of alkyl halides is 3. The lowest BCUT2D eigenvalue weighted by atomic mass is 9.93. The van der Waals surface area contributed by atoms with E-state index < -0.39 is 23.6 Å². The SMILES string of the molecule is CC(C)(C)O.Cc1cc2nc(-c3ccnc(N4CCn5c(nnc5C(F)(F)F)C4)c3)sc2c(-c2ccc(Cl)cc2)c1CC(=O)O. The maximum Gasteiger partial charge on any atom is 0.451 e. The first-order valence-corrected chi connectivity index (χ1v) is 15.1. The van der Waals surface area contributed by atoms with Crippen molar-refractivity contribution in [3.8, 4) is 21.7 Å². The fraction of sp³-hybridized carbons (Fsp3) is 0.323. The molecule has 0 atom stereocenters. The van der Waals surface area contributed by atoms with Gasteiger partial charge in [0, 0.05) is 35.4 Å². The van der Waals surface area contributed by atoms with Gasteiger partial charge in [0.25, 0.3) is 0 Å². The molecule has 1 aliphatic heterocycles. The van der Waals surface area contributed by atoms with Crippen LogP contribution < -0.4 is 4.90 Å². The third-order valence-electron chi connectivity index (χ3n) is 6.80. The number of rotatable bonds is 5. The van der Waals surface area contributed by atoms with E-state index in [-0.39, 0.29) is 25.3 Å². The van der Waals surface area contributed by atoms with Gasteiger partial charge in [0.05, 0.1) is 28.8 Å². The van der Waals surface area contributed by atoms with E-state index >= 15 is 0 Å². The highest BCUT2D eigenvalue weighted by Crippen LogP contribution is 2.41. The van der Waals surface area contributed by atoms with Crippen LogP contribution in [0.5, 0.6) is 0 Å². The molecule has 0 bridgehead atoms. The predicted molar refractivity (Wildman–Crippen MR) is 167 cm³/mol. The van der Waals surface area contributed by atoms with Gasteiger partial charge >= 0.3 is 12.1 Å². The minimum absolute atomic E-state index is 0.0836. The summed E-state index contributed by atoms with van der Waals surface area (Å²) in [5.74, 6) is -1.12. The van der Waals surface area contributed by atoms with Gasteiger partial charge in [-0.05, 0) is 74.7 Å². The molecule has 14 heteroatoms. The average molecular weight is 659 g/mol. The number of carbonyl (C=O) groups is 1. The summed E-state index contributed by atoms with van der Waals surface area (Å²) in [6, 6.07) is 12.8. The van der Waals surface area contributed by atoms with Crippen LogP contribution in [-0.4, -0.2) is 53.1 Å². The molecule has 236 valence electrons. The second-order valence-corrected chi connectivity index (χ2v) is 13.0. The molecular weight excluding hydrogens is 629 g/mol. The molecule has 0 saturated carbocycles. The number of carboxylic acids is 1. The van der Waals surface area contributed by atoms with Crippen molar-refractivity contribution < 1.29 is 28.2 Å². The maximum absolute atomic E-state index is 13.2. The Morgan fingerprint density at radius 2 is 1.73 bits per heavy atom. The van der Waals surface area contributed by atoms with Crippen LogP contribution in [0, 0.1) is 6.92 Å². The monoisotopic (exact) mass is 658 g/mol. The number of aliphatic hydroxyl groups is 1. The highest BCUT2D eigenvalue weighted by molar-refractivity contribution is 7.22. The number of pyridine rings is 1. The third kappa shape index (κ3) is 7.43. The lowest BCUT2D eigenvalue weighted by molar-refractivity contribution is -0.147. The zero-order valence-electron chi connectivity index (χ0n) is 24.9. The van der Waals surface area contributed by atoms with Gasteiger partial charge < -0.3 is 19.7 Å². The number of carboxylic acid groups (broad SMARTS) is 1. The number of hydrogen-bond acceptors (Lipinski definition) is 8. The molecule has 0 saturated heterocycles. The first-order chi connectivity index (χ1) is 21.1. The van der Waals surface area contributed by atoms with Crippen molar-refractivity contribution in [2.45, 2.75) is 59.0 Å². The van der Waals surface area contributed by atoms with Crippen LogP contribution in [0.2, 0.25) is 5.02 Å². The number of hydrogen-bond donors (Lipinski definition) is 2. The Morgan fingerprint density at radius 3 is 2.38 bits per heavy atom. The predicted octanol–water partition coefficient (Wildman–Crippen LogP) is 7.02. The van der Waals surface area contributed by atoms with Crippen molar-refractivity contribution in [1.29, 1.82) is 0 Å². The molecular formula is C31H30ClF3N6O3S. The number of aryl methyl sites for hydroxylation is 1. The van der Waals surface area contributed by atoms with E-state index in [1.165, 1.54) is 11.3 Å². The summed E-state index contributed by atoms with van der Waals surface area (Å²) >= 11 is 7.55. The molecule has 0 amide bonds. The molecule has 0 aliphatic carbocycles. The van der Waals surface area contributed by atoms with Gasteiger partial charge in [-0.2, -0.15) is 13.2 Å². The van der Waals surface area contributed by atoms with Crippen LogP contribution in [0.25, 0.3) is 31.9 Å². The summed E-state index contributed by atoms with van der Waals surface area (Å²) in [5.41, 5.74) is 4.21. The molecule has 9 nitrogen and oxygen atoms in total. The second kappa shape index (κ2) is 12.4. The number of thiazole rings is 1. The van der Waals surface area contributed by atoms with Gasteiger partial charge in [0.1, 0.15) is 10.8 Å². The van der Waals surface area contributed by atoms with Crippen molar-refractivity contribution >= 4 is 44.9 Å². The molecule has 1 aliphatic rings. The number of benzene rings is 2. The number of anilines is 1. The Labute approximate surface area is 266 Å². The van der Waals surface area contributed by atoms with Gasteiger partial charge in [-0.1, -0.05) is 23.7 Å². The standard InChI is InChI=1S/C27H20ClF3N6O2S.C4H10O/c1-14-10-19-24(23(18(14)12-22(38)39)15-2-4-17(28)5-3-15)40-25(33-19)16-6-7-32-20(11-16)36-8-9-37-21(13-36)34-35-26(37)27(29,30)31;1-4(2,3)5/h2-7,10-11H,8-9,12-13H2,1H3,(H,38,39);5H,1-3H3. The van der Waals surface area contributed by atoms with E-state index in [4.69, 9.17) is 21.7 Å². The molecule has 45 heavy (non-hydrogen) atoms. The Hall–Kier alpha value is -4.07. The van der Waals surface area contributed by atoms with Crippen LogP contribution in [0.1, 0.15) is 43.5 Å². The number of nitrogens with zero attached hydrogens (tertiary/aromatic N) is 6. The first kappa shape index (κ1) is 32.3. The largest absolute Gasteiger partial charge is 0.481 e. The highest BCUT2D eigenvalue weighted by atomic mass is 35.5. The highest BCUT2D eigenvalue weighted by Gasteiger charge is 2.39. The molecule has 4 heterocycles. The summed E-state index contributed by atoms with van der Waals surface area (Å²) in [6.07, 6.45) is -3.06. The summed E-state index contributed by atoms with van der Waals surface area (Å²) in [7, 11) is 0. The Kier molecular flexibility index (Phi) is 8.89. The van der Waals surface area contributed by atoms with Crippen LogP contribution in [-0.2, 0) is 30.5 Å². The lowest BCUT2D eigenvalue weighted by Crippen LogP contribution is -2.35. The minimum atomic E-state index is -4.56. The second-order valence-electron chi connectivity index (χ2n) is 11.6. The van der Waals surface area contributed by atoms with Crippen molar-refractivity contribution in [1.82, 2.24) is 24.7 Å². The average Bonchev–Trinajstić information content (AvgIpc) is 3.57. The smallest absolute Gasteiger partial charge is 0.451 e. The molecule has 6 rings (SSSR count). The molecule has 0 spiro atoms. The molecule has 2 aromatic carbocycles. The van der Waals surface area contributed by atoms with Crippen LogP contribution in [0.15, 0.2) is 48.7 Å². The maximum atomic E-state index is 13.2. The van der Waals surface area contributed by atoms with Crippen LogP contribution >= 0.6 is 22.9 Å². The van der Waals surface area contributed by atoms with Gasteiger partial charge in [-0.3, -0.25) is 4.79 Å². The Bertz CT molecular complexity index is 1860. The normalized spacial score (nSPS) is 13.4. The topological polar surface area (TPSA) is 117 Å². The van der Waals surface area contributed by atoms with Gasteiger partial charge in [0.15, 0.2) is 5.82 Å². The fourth-order valence-electron chi connectivity index (χ4n) is 4.95. The molecule has 0 fully saturated rings. The zero-order valence-corrected chi connectivity index (χ0v) is 26.4. The Morgan fingerprint density at radius 1 is 1.04 bits per heavy atom. The van der Waals surface area contributed by atoms with E-state index in [9.17, 15) is 23.1 Å². The molecule has 0 unspecified atom stereocenters. The molecule has 3 aromatic heterocycles. The summed E-state index contributed by atoms with van der Waals surface area (Å²) in [4.78, 5) is 22.9. The number of halogens is 4. The van der Waals surface area contributed by atoms with Crippen LogP contribution in [0.4, 0.5) is 19.0 Å². The quantitative estimate of drug-likeness (QED) is 0.207. The van der Waals surface area contributed by atoms with Gasteiger partial charge in [-0.25, -0.2) is 9.97 Å². The van der Waals surface area contributed by atoms with E-state index in [0.717, 1.165) is 37.0 Å². The fourth-order valence-corrected chi connectivity index (χ4v) is 6.21. The van der Waals surface area contributed by atoms with E-state index in [0.29, 0.717) is 28.0 Å². The molecule has 5 aromatic rings. The van der Waals surface area contributed by atoms with E-state index in [1.807, 2.05) is 42.2 Å². The van der Waals surface area contributed by atoms with Gasteiger partial charge in [-0.15, -0.1) is 21.5 Å². The summed E-state index contributed by atoms with van der Waals surface area (Å²) in [6.45, 7) is 7.63. The van der Waals surface area contributed by atoms with E-state index in [2.05, 4.69) is 15.2 Å². The van der Waals surface area contributed by atoms with E-state index in [1.54, 1.807) is 39.1 Å². The first-order valence-electron chi connectivity index (χ1n) is 13.9. The minimum Gasteiger partial charge on any atom is -0.481 e. The number of aliphatic carboxylic acids is 1. The Balaban J connectivity index is 0.000000743.